The third-order valence-corrected chi connectivity index (χ3v) is 5.65. The Morgan fingerprint density at radius 2 is 1.82 bits per heavy atom. The number of hydrogen-bond acceptors (Lipinski definition) is 3. The maximum absolute atomic E-state index is 12.7. The van der Waals surface area contributed by atoms with Gasteiger partial charge in [0.1, 0.15) is 0 Å². The number of aliphatic hydroxyl groups is 1. The highest BCUT2D eigenvalue weighted by Crippen LogP contribution is 2.35. The first kappa shape index (κ1) is 17.3. The molecule has 126 valence electrons. The largest absolute Gasteiger partial charge is 0.396 e. The van der Waals surface area contributed by atoms with Gasteiger partial charge in [-0.1, -0.05) is 13.8 Å². The molecule has 2 saturated heterocycles. The zero-order valence-electron chi connectivity index (χ0n) is 14.0. The second-order valence-electron chi connectivity index (χ2n) is 6.87. The number of carbonyl (C=O) groups is 2. The predicted molar refractivity (Wildman–Crippen MR) is 85.2 cm³/mol. The predicted octanol–water partition coefficient (Wildman–Crippen LogP) is 1.65. The van der Waals surface area contributed by atoms with Crippen molar-refractivity contribution in [2.24, 2.45) is 11.3 Å². The van der Waals surface area contributed by atoms with Crippen LogP contribution in [0.2, 0.25) is 0 Å². The minimum atomic E-state index is -0.0347. The maximum atomic E-state index is 12.7. The summed E-state index contributed by atoms with van der Waals surface area (Å²) in [5.41, 5.74) is 0.00750. The van der Waals surface area contributed by atoms with Gasteiger partial charge >= 0.3 is 0 Å². The van der Waals surface area contributed by atoms with Crippen molar-refractivity contribution in [3.05, 3.63) is 0 Å². The van der Waals surface area contributed by atoms with Crippen molar-refractivity contribution in [3.63, 3.8) is 0 Å². The Balaban J connectivity index is 1.91. The van der Waals surface area contributed by atoms with Crippen LogP contribution in [-0.2, 0) is 9.59 Å². The lowest BCUT2D eigenvalue weighted by Crippen LogP contribution is -2.50. The Hall–Kier alpha value is -1.10. The molecular formula is C17H30N2O3. The van der Waals surface area contributed by atoms with Gasteiger partial charge in [0.25, 0.3) is 0 Å². The van der Waals surface area contributed by atoms with Gasteiger partial charge in [0, 0.05) is 39.2 Å². The molecule has 1 N–H and O–H groups in total. The van der Waals surface area contributed by atoms with Crippen LogP contribution in [0.25, 0.3) is 0 Å². The molecule has 2 rings (SSSR count). The zero-order valence-corrected chi connectivity index (χ0v) is 14.0. The highest BCUT2D eigenvalue weighted by Gasteiger charge is 2.37. The van der Waals surface area contributed by atoms with Crippen LogP contribution in [0.1, 0.15) is 52.4 Å². The minimum Gasteiger partial charge on any atom is -0.396 e. The van der Waals surface area contributed by atoms with E-state index in [1.54, 1.807) is 0 Å². The van der Waals surface area contributed by atoms with E-state index < -0.39 is 0 Å². The topological polar surface area (TPSA) is 60.9 Å². The highest BCUT2D eigenvalue weighted by molar-refractivity contribution is 5.81. The van der Waals surface area contributed by atoms with Gasteiger partial charge in [0.2, 0.25) is 11.8 Å². The number of likely N-dealkylation sites (tertiary alicyclic amines) is 2. The van der Waals surface area contributed by atoms with E-state index in [-0.39, 0.29) is 29.8 Å². The second-order valence-corrected chi connectivity index (χ2v) is 6.87. The average Bonchev–Trinajstić information content (AvgIpc) is 2.60. The molecule has 0 saturated carbocycles. The number of rotatable bonds is 4. The Morgan fingerprint density at radius 3 is 2.36 bits per heavy atom. The molecule has 0 radical (unpaired) electrons. The summed E-state index contributed by atoms with van der Waals surface area (Å²) in [6.45, 7) is 7.06. The van der Waals surface area contributed by atoms with Crippen molar-refractivity contribution in [1.29, 1.82) is 0 Å². The molecule has 0 bridgehead atoms. The third-order valence-electron chi connectivity index (χ3n) is 5.65. The fourth-order valence-corrected chi connectivity index (χ4v) is 3.71. The summed E-state index contributed by atoms with van der Waals surface area (Å²) in [5.74, 6) is 0.324. The van der Waals surface area contributed by atoms with E-state index in [1.807, 2.05) is 16.7 Å². The molecule has 1 atom stereocenters. The Bertz CT molecular complexity index is 397. The summed E-state index contributed by atoms with van der Waals surface area (Å²) >= 11 is 0. The zero-order chi connectivity index (χ0) is 16.2. The van der Waals surface area contributed by atoms with Crippen LogP contribution in [-0.4, -0.2) is 59.5 Å². The van der Waals surface area contributed by atoms with Crippen LogP contribution in [0.4, 0.5) is 0 Å². The Kier molecular flexibility index (Phi) is 5.84. The van der Waals surface area contributed by atoms with E-state index in [4.69, 9.17) is 0 Å². The smallest absolute Gasteiger partial charge is 0.227 e. The maximum Gasteiger partial charge on any atom is 0.227 e. The van der Waals surface area contributed by atoms with E-state index in [0.29, 0.717) is 13.0 Å². The van der Waals surface area contributed by atoms with Gasteiger partial charge in [0.05, 0.1) is 5.92 Å². The van der Waals surface area contributed by atoms with Gasteiger partial charge in [-0.05, 0) is 37.5 Å². The van der Waals surface area contributed by atoms with Crippen LogP contribution < -0.4 is 0 Å². The van der Waals surface area contributed by atoms with Crippen molar-refractivity contribution < 1.29 is 14.7 Å². The summed E-state index contributed by atoms with van der Waals surface area (Å²) in [6.07, 6.45) is 5.06. The average molecular weight is 310 g/mol. The summed E-state index contributed by atoms with van der Waals surface area (Å²) in [6, 6.07) is 0. The summed E-state index contributed by atoms with van der Waals surface area (Å²) in [4.78, 5) is 28.4. The third kappa shape index (κ3) is 3.62. The van der Waals surface area contributed by atoms with Crippen molar-refractivity contribution >= 4 is 11.8 Å². The number of carbonyl (C=O) groups excluding carboxylic acids is 2. The highest BCUT2D eigenvalue weighted by atomic mass is 16.3. The Labute approximate surface area is 133 Å². The molecule has 1 unspecified atom stereocenters. The van der Waals surface area contributed by atoms with Gasteiger partial charge in [-0.2, -0.15) is 0 Å². The molecule has 0 aliphatic carbocycles. The van der Waals surface area contributed by atoms with Crippen LogP contribution in [0.15, 0.2) is 0 Å². The van der Waals surface area contributed by atoms with E-state index in [1.165, 1.54) is 0 Å². The summed E-state index contributed by atoms with van der Waals surface area (Å²) in [5, 5.41) is 9.59. The van der Waals surface area contributed by atoms with Crippen molar-refractivity contribution in [3.8, 4) is 0 Å². The summed E-state index contributed by atoms with van der Waals surface area (Å²) in [7, 11) is 0. The van der Waals surface area contributed by atoms with Crippen LogP contribution >= 0.6 is 0 Å². The van der Waals surface area contributed by atoms with Crippen molar-refractivity contribution in [2.75, 3.05) is 32.8 Å². The van der Waals surface area contributed by atoms with E-state index in [2.05, 4.69) is 6.92 Å². The number of amides is 2. The molecular weight excluding hydrogens is 280 g/mol. The van der Waals surface area contributed by atoms with Gasteiger partial charge in [-0.25, -0.2) is 0 Å². The monoisotopic (exact) mass is 310 g/mol. The van der Waals surface area contributed by atoms with Crippen molar-refractivity contribution in [1.82, 2.24) is 9.80 Å². The number of nitrogens with zero attached hydrogens (tertiary/aromatic N) is 2. The lowest BCUT2D eigenvalue weighted by molar-refractivity contribution is -0.143. The summed E-state index contributed by atoms with van der Waals surface area (Å²) < 4.78 is 0. The molecule has 2 heterocycles. The fourth-order valence-electron chi connectivity index (χ4n) is 3.71. The molecule has 2 aliphatic heterocycles. The second kappa shape index (κ2) is 7.44. The normalized spacial score (nSPS) is 25.1. The lowest BCUT2D eigenvalue weighted by atomic mass is 9.76. The van der Waals surface area contributed by atoms with Crippen molar-refractivity contribution in [2.45, 2.75) is 52.4 Å². The molecule has 2 amide bonds. The molecule has 2 aliphatic rings. The van der Waals surface area contributed by atoms with Crippen LogP contribution in [0, 0.1) is 11.3 Å². The molecule has 0 aromatic heterocycles. The van der Waals surface area contributed by atoms with E-state index in [0.717, 1.165) is 51.7 Å². The standard InChI is InChI=1S/C17H30N2O3/c1-3-15(21)19-9-5-6-14(12-19)16(22)18-10-7-17(4-2,13-20)8-11-18/h14,20H,3-13H2,1-2H3. The van der Waals surface area contributed by atoms with Gasteiger partial charge < -0.3 is 14.9 Å². The first-order chi connectivity index (χ1) is 10.5. The molecule has 0 aromatic rings. The van der Waals surface area contributed by atoms with Crippen LogP contribution in [0.3, 0.4) is 0 Å². The molecule has 0 aromatic carbocycles. The number of hydrogen-bond donors (Lipinski definition) is 1. The van der Waals surface area contributed by atoms with E-state index in [9.17, 15) is 14.7 Å². The van der Waals surface area contributed by atoms with E-state index >= 15 is 0 Å². The van der Waals surface area contributed by atoms with Gasteiger partial charge in [-0.15, -0.1) is 0 Å². The number of piperidine rings is 2. The van der Waals surface area contributed by atoms with Crippen LogP contribution in [0.5, 0.6) is 0 Å². The molecule has 2 fully saturated rings. The van der Waals surface area contributed by atoms with Gasteiger partial charge in [-0.3, -0.25) is 9.59 Å². The fraction of sp³-hybridized carbons (Fsp3) is 0.882. The first-order valence-electron chi connectivity index (χ1n) is 8.72. The number of aliphatic hydroxyl groups excluding tert-OH is 1. The minimum absolute atomic E-state index is 0.00750. The molecule has 5 heteroatoms. The molecule has 5 nitrogen and oxygen atoms in total. The molecule has 22 heavy (non-hydrogen) atoms. The lowest BCUT2D eigenvalue weighted by Gasteiger charge is -2.42. The Morgan fingerprint density at radius 1 is 1.14 bits per heavy atom. The molecule has 0 spiro atoms. The van der Waals surface area contributed by atoms with Gasteiger partial charge in [0.15, 0.2) is 0 Å². The SMILES string of the molecule is CCC(=O)N1CCCC(C(=O)N2CCC(CC)(CO)CC2)C1. The first-order valence-corrected chi connectivity index (χ1v) is 8.72. The quantitative estimate of drug-likeness (QED) is 0.859.